The van der Waals surface area contributed by atoms with Crippen molar-refractivity contribution < 1.29 is 36.3 Å². The van der Waals surface area contributed by atoms with E-state index in [0.29, 0.717) is 28.2 Å². The molecule has 1 heterocycles. The van der Waals surface area contributed by atoms with Crippen LogP contribution < -0.4 is 5.32 Å². The highest BCUT2D eigenvalue weighted by molar-refractivity contribution is 6.06. The maximum absolute atomic E-state index is 14.2. The molecule has 1 unspecified atom stereocenters. The molecule has 0 amide bonds. The van der Waals surface area contributed by atoms with E-state index in [1.807, 2.05) is 0 Å². The van der Waals surface area contributed by atoms with Crippen molar-refractivity contribution in [3.05, 3.63) is 47.5 Å². The van der Waals surface area contributed by atoms with Crippen LogP contribution in [0.4, 0.5) is 17.6 Å². The van der Waals surface area contributed by atoms with Gasteiger partial charge in [0.05, 0.1) is 6.61 Å². The van der Waals surface area contributed by atoms with Crippen LogP contribution in [0.15, 0.2) is 40.8 Å². The summed E-state index contributed by atoms with van der Waals surface area (Å²) < 4.78 is 66.6. The van der Waals surface area contributed by atoms with Gasteiger partial charge in [0.15, 0.2) is 0 Å². The van der Waals surface area contributed by atoms with Crippen LogP contribution in [-0.2, 0) is 9.53 Å². The highest BCUT2D eigenvalue weighted by atomic mass is 19.4. The van der Waals surface area contributed by atoms with Crippen LogP contribution in [0.2, 0.25) is 0 Å². The second-order valence-corrected chi connectivity index (χ2v) is 8.10. The first-order valence-corrected chi connectivity index (χ1v) is 10.0. The number of hydrogen-bond acceptors (Lipinski definition) is 5. The normalized spacial score (nSPS) is 14.5. The SMILES string of the molecule is CCOC(=O)C(CC(C)(C)F)N[C@@H](c1ccc2c(c1)oc1ccc(C=O)cc12)C(F)(F)F. The monoisotopic (exact) mass is 453 g/mol. The van der Waals surface area contributed by atoms with Crippen molar-refractivity contribution in [1.82, 2.24) is 5.32 Å². The Morgan fingerprint density at radius 1 is 1.09 bits per heavy atom. The summed E-state index contributed by atoms with van der Waals surface area (Å²) in [4.78, 5) is 23.3. The third-order valence-corrected chi connectivity index (χ3v) is 4.94. The Morgan fingerprint density at radius 2 is 1.81 bits per heavy atom. The molecule has 2 aromatic carbocycles. The number of aldehydes is 1. The quantitative estimate of drug-likeness (QED) is 0.271. The number of alkyl halides is 4. The molecule has 5 nitrogen and oxygen atoms in total. The van der Waals surface area contributed by atoms with Crippen LogP contribution in [0.3, 0.4) is 0 Å². The highest BCUT2D eigenvalue weighted by Crippen LogP contribution is 2.37. The van der Waals surface area contributed by atoms with E-state index in [1.54, 1.807) is 18.2 Å². The van der Waals surface area contributed by atoms with Gasteiger partial charge >= 0.3 is 12.1 Å². The summed E-state index contributed by atoms with van der Waals surface area (Å²) >= 11 is 0. The van der Waals surface area contributed by atoms with Gasteiger partial charge in [-0.15, -0.1) is 0 Å². The Bertz CT molecular complexity index is 1130. The third kappa shape index (κ3) is 5.27. The summed E-state index contributed by atoms with van der Waals surface area (Å²) in [5, 5.41) is 3.38. The number of carbonyl (C=O) groups excluding carboxylic acids is 2. The molecule has 0 spiro atoms. The molecule has 0 aliphatic rings. The van der Waals surface area contributed by atoms with Crippen LogP contribution in [0.5, 0.6) is 0 Å². The topological polar surface area (TPSA) is 68.5 Å². The lowest BCUT2D eigenvalue weighted by molar-refractivity contribution is -0.165. The van der Waals surface area contributed by atoms with Crippen LogP contribution in [-0.4, -0.2) is 36.7 Å². The molecule has 0 bridgehead atoms. The van der Waals surface area contributed by atoms with E-state index < -0.39 is 36.3 Å². The number of carbonyl (C=O) groups is 2. The summed E-state index contributed by atoms with van der Waals surface area (Å²) in [6.07, 6.45) is -4.62. The van der Waals surface area contributed by atoms with Gasteiger partial charge in [0.2, 0.25) is 0 Å². The number of nitrogens with one attached hydrogen (secondary N) is 1. The Balaban J connectivity index is 2.03. The lowest BCUT2D eigenvalue weighted by Gasteiger charge is -2.29. The van der Waals surface area contributed by atoms with Gasteiger partial charge < -0.3 is 9.15 Å². The molecular formula is C23H23F4NO4. The Labute approximate surface area is 181 Å². The number of halogens is 4. The lowest BCUT2D eigenvalue weighted by Crippen LogP contribution is -2.47. The predicted octanol–water partition coefficient (Wildman–Crippen LogP) is 5.66. The molecule has 32 heavy (non-hydrogen) atoms. The van der Waals surface area contributed by atoms with Crippen LogP contribution >= 0.6 is 0 Å². The third-order valence-electron chi connectivity index (χ3n) is 4.94. The molecule has 9 heteroatoms. The number of ether oxygens (including phenoxy) is 1. The molecule has 1 N–H and O–H groups in total. The first kappa shape index (κ1) is 23.7. The van der Waals surface area contributed by atoms with E-state index in [1.165, 1.54) is 39.0 Å². The average Bonchev–Trinajstić information content (AvgIpc) is 3.06. The maximum atomic E-state index is 14.2. The van der Waals surface area contributed by atoms with Gasteiger partial charge in [0, 0.05) is 22.8 Å². The first-order chi connectivity index (χ1) is 14.9. The lowest BCUT2D eigenvalue weighted by atomic mass is 9.97. The van der Waals surface area contributed by atoms with E-state index >= 15 is 0 Å². The van der Waals surface area contributed by atoms with Gasteiger partial charge in [0.1, 0.15) is 35.2 Å². The van der Waals surface area contributed by atoms with E-state index in [9.17, 15) is 27.2 Å². The smallest absolute Gasteiger partial charge is 0.407 e. The molecule has 3 rings (SSSR count). The van der Waals surface area contributed by atoms with Crippen molar-refractivity contribution in [2.24, 2.45) is 0 Å². The van der Waals surface area contributed by atoms with Crippen LogP contribution in [0.1, 0.15) is 49.2 Å². The van der Waals surface area contributed by atoms with Gasteiger partial charge in [-0.2, -0.15) is 13.2 Å². The number of benzene rings is 2. The minimum Gasteiger partial charge on any atom is -0.465 e. The molecule has 2 atom stereocenters. The fraction of sp³-hybridized carbons (Fsp3) is 0.391. The molecule has 3 aromatic rings. The van der Waals surface area contributed by atoms with Crippen molar-refractivity contribution in [2.75, 3.05) is 6.61 Å². The number of hydrogen-bond donors (Lipinski definition) is 1. The van der Waals surface area contributed by atoms with Gasteiger partial charge in [-0.05, 0) is 50.6 Å². The van der Waals surface area contributed by atoms with Crippen molar-refractivity contribution in [3.63, 3.8) is 0 Å². The first-order valence-electron chi connectivity index (χ1n) is 10.0. The molecule has 0 aliphatic carbocycles. The molecule has 0 saturated carbocycles. The number of fused-ring (bicyclic) bond motifs is 3. The van der Waals surface area contributed by atoms with Gasteiger partial charge in [-0.25, -0.2) is 4.39 Å². The maximum Gasteiger partial charge on any atom is 0.407 e. The number of esters is 1. The highest BCUT2D eigenvalue weighted by Gasteiger charge is 2.44. The molecule has 0 saturated heterocycles. The average molecular weight is 453 g/mol. The zero-order valence-electron chi connectivity index (χ0n) is 17.8. The van der Waals surface area contributed by atoms with Gasteiger partial charge in [-0.3, -0.25) is 14.9 Å². The summed E-state index contributed by atoms with van der Waals surface area (Å²) in [7, 11) is 0. The Hall–Kier alpha value is -2.94. The van der Waals surface area contributed by atoms with Crippen LogP contribution in [0, 0.1) is 0 Å². The van der Waals surface area contributed by atoms with Gasteiger partial charge in [-0.1, -0.05) is 12.1 Å². The molecule has 172 valence electrons. The predicted molar refractivity (Wildman–Crippen MR) is 111 cm³/mol. The van der Waals surface area contributed by atoms with Gasteiger partial charge in [0.25, 0.3) is 0 Å². The van der Waals surface area contributed by atoms with Crippen LogP contribution in [0.25, 0.3) is 21.9 Å². The van der Waals surface area contributed by atoms with Crippen molar-refractivity contribution in [1.29, 1.82) is 0 Å². The summed E-state index contributed by atoms with van der Waals surface area (Å²) in [5.41, 5.74) is -1.09. The fourth-order valence-electron chi connectivity index (χ4n) is 3.58. The van der Waals surface area contributed by atoms with E-state index in [2.05, 4.69) is 5.32 Å². The summed E-state index contributed by atoms with van der Waals surface area (Å²) in [6.45, 7) is 3.82. The number of rotatable bonds is 8. The molecular weight excluding hydrogens is 430 g/mol. The van der Waals surface area contributed by atoms with E-state index in [4.69, 9.17) is 9.15 Å². The summed E-state index contributed by atoms with van der Waals surface area (Å²) in [6, 6.07) is 4.88. The molecule has 0 fully saturated rings. The minimum atomic E-state index is -4.78. The van der Waals surface area contributed by atoms with Crippen molar-refractivity contribution in [2.45, 2.75) is 51.1 Å². The standard InChI is InChI=1S/C23H23F4NO4/c1-4-31-21(30)17(11-22(2,3)24)28-20(23(25,26)27)14-6-7-15-16-9-13(12-29)5-8-18(16)32-19(15)10-14/h5-10,12,17,20,28H,4,11H2,1-3H3/t17?,20-/m0/s1. The second kappa shape index (κ2) is 8.90. The Morgan fingerprint density at radius 3 is 2.41 bits per heavy atom. The zero-order valence-corrected chi connectivity index (χ0v) is 17.8. The Kier molecular flexibility index (Phi) is 6.59. The molecule has 0 radical (unpaired) electrons. The largest absolute Gasteiger partial charge is 0.465 e. The summed E-state index contributed by atoms with van der Waals surface area (Å²) in [5.74, 6) is -0.960. The molecule has 0 aliphatic heterocycles. The fourth-order valence-corrected chi connectivity index (χ4v) is 3.58. The zero-order chi connectivity index (χ0) is 23.7. The number of furan rings is 1. The minimum absolute atomic E-state index is 0.0475. The van der Waals surface area contributed by atoms with E-state index in [0.717, 1.165) is 0 Å². The van der Waals surface area contributed by atoms with E-state index in [-0.39, 0.29) is 17.8 Å². The van der Waals surface area contributed by atoms with Crippen molar-refractivity contribution in [3.8, 4) is 0 Å². The second-order valence-electron chi connectivity index (χ2n) is 8.10. The molecule has 1 aromatic heterocycles. The van der Waals surface area contributed by atoms with Crippen molar-refractivity contribution >= 4 is 34.2 Å².